The van der Waals surface area contributed by atoms with Gasteiger partial charge in [-0.25, -0.2) is 26.9 Å². The Morgan fingerprint density at radius 3 is 1.11 bits per heavy atom. The van der Waals surface area contributed by atoms with Crippen LogP contribution in [0.25, 0.3) is 0 Å². The van der Waals surface area contributed by atoms with Crippen LogP contribution in [0.15, 0.2) is 0 Å². The van der Waals surface area contributed by atoms with E-state index in [9.17, 15) is 16.8 Å². The first-order chi connectivity index (χ1) is 15.2. The second-order valence-electron chi connectivity index (χ2n) is 15.2. The predicted octanol–water partition coefficient (Wildman–Crippen LogP) is 7.99. The van der Waals surface area contributed by atoms with Crippen molar-refractivity contribution >= 4 is 29.7 Å². The van der Waals surface area contributed by atoms with E-state index in [4.69, 9.17) is 0 Å². The molecule has 0 saturated heterocycles. The van der Waals surface area contributed by atoms with Crippen molar-refractivity contribution in [1.29, 1.82) is 0 Å². The SMILES string of the molecule is CC(C)(CCC(C)(C)S(=O)(=O)C(C)(C)C)C(F)(F)S(=O)(=O)C(C)(C)CCC(C)(C)S(C)(C)C(C)(C)C. The van der Waals surface area contributed by atoms with Gasteiger partial charge in [-0.1, -0.05) is 48.5 Å². The molecule has 4 nitrogen and oxygen atoms in total. The summed E-state index contributed by atoms with van der Waals surface area (Å²) in [4.78, 5) is 0. The van der Waals surface area contributed by atoms with Gasteiger partial charge in [0.1, 0.15) is 0 Å². The highest BCUT2D eigenvalue weighted by atomic mass is 32.3. The normalized spacial score (nSPS) is 16.8. The van der Waals surface area contributed by atoms with Gasteiger partial charge in [0.15, 0.2) is 9.84 Å². The molecule has 0 fully saturated rings. The van der Waals surface area contributed by atoms with E-state index >= 15 is 8.78 Å². The number of hydrogen-bond donors (Lipinski definition) is 0. The maximum absolute atomic E-state index is 15.9. The molecule has 220 valence electrons. The average molecular weight is 579 g/mol. The fraction of sp³-hybridized carbons (Fsp3) is 1.00. The quantitative estimate of drug-likeness (QED) is 0.249. The van der Waals surface area contributed by atoms with Gasteiger partial charge in [-0.15, -0.1) is 0 Å². The minimum atomic E-state index is -4.90. The number of rotatable bonds is 11. The highest BCUT2D eigenvalue weighted by Crippen LogP contribution is 2.64. The molecule has 0 aromatic heterocycles. The minimum Gasteiger partial charge on any atom is -0.237 e. The Kier molecular flexibility index (Phi) is 9.97. The van der Waals surface area contributed by atoms with Crippen LogP contribution in [0.1, 0.15) is 123 Å². The lowest BCUT2D eigenvalue weighted by atomic mass is 9.85. The molecule has 9 heteroatoms. The van der Waals surface area contributed by atoms with Crippen LogP contribution in [0.4, 0.5) is 8.78 Å². The van der Waals surface area contributed by atoms with Crippen molar-refractivity contribution in [2.45, 2.75) is 152 Å². The second-order valence-corrected chi connectivity index (χ2v) is 26.2. The van der Waals surface area contributed by atoms with Crippen LogP contribution >= 0.6 is 10.0 Å². The Morgan fingerprint density at radius 2 is 0.778 bits per heavy atom. The molecule has 0 unspecified atom stereocenters. The van der Waals surface area contributed by atoms with Gasteiger partial charge in [0.2, 0.25) is 9.84 Å². The van der Waals surface area contributed by atoms with Gasteiger partial charge in [-0.05, 0) is 96.2 Å². The summed E-state index contributed by atoms with van der Waals surface area (Å²) in [6.45, 7) is 23.8. The largest absolute Gasteiger partial charge is 0.351 e. The zero-order chi connectivity index (χ0) is 29.8. The van der Waals surface area contributed by atoms with Crippen LogP contribution in [0.5, 0.6) is 0 Å². The van der Waals surface area contributed by atoms with Crippen molar-refractivity contribution in [1.82, 2.24) is 0 Å². The molecule has 0 amide bonds. The molecule has 0 radical (unpaired) electrons. The Bertz CT molecular complexity index is 991. The summed E-state index contributed by atoms with van der Waals surface area (Å²) in [7, 11) is -9.75. The van der Waals surface area contributed by atoms with Crippen molar-refractivity contribution in [2.75, 3.05) is 12.5 Å². The molecule has 0 aromatic rings. The first kappa shape index (κ1) is 36.1. The van der Waals surface area contributed by atoms with Crippen LogP contribution in [0, 0.1) is 5.41 Å². The molecule has 0 aromatic carbocycles. The summed E-state index contributed by atoms with van der Waals surface area (Å²) in [5.41, 5.74) is -1.95. The summed E-state index contributed by atoms with van der Waals surface area (Å²) in [6, 6.07) is 0. The molecule has 0 heterocycles. The summed E-state index contributed by atoms with van der Waals surface area (Å²) in [5, 5.41) is -4.03. The van der Waals surface area contributed by atoms with Gasteiger partial charge in [0.05, 0.1) is 14.2 Å². The van der Waals surface area contributed by atoms with Crippen molar-refractivity contribution in [3.05, 3.63) is 0 Å². The molecule has 0 spiro atoms. The van der Waals surface area contributed by atoms with Gasteiger partial charge < -0.3 is 0 Å². The van der Waals surface area contributed by atoms with Crippen LogP contribution in [-0.2, 0) is 19.7 Å². The lowest BCUT2D eigenvalue weighted by molar-refractivity contribution is -0.0358. The smallest absolute Gasteiger partial charge is 0.237 e. The Labute approximate surface area is 224 Å². The third kappa shape index (κ3) is 6.29. The molecule has 36 heavy (non-hydrogen) atoms. The molecule has 0 bridgehead atoms. The molecule has 0 aliphatic carbocycles. The van der Waals surface area contributed by atoms with Crippen LogP contribution in [0.2, 0.25) is 0 Å². The molecule has 0 N–H and O–H groups in total. The van der Waals surface area contributed by atoms with Crippen molar-refractivity contribution in [3.63, 3.8) is 0 Å². The maximum atomic E-state index is 15.9. The Hall–Kier alpha value is 0.110. The van der Waals surface area contributed by atoms with E-state index in [2.05, 4.69) is 47.1 Å². The van der Waals surface area contributed by atoms with E-state index in [1.54, 1.807) is 20.8 Å². The fourth-order valence-electron chi connectivity index (χ4n) is 4.25. The van der Waals surface area contributed by atoms with Crippen LogP contribution < -0.4 is 0 Å². The molecular weight excluding hydrogens is 522 g/mol. The van der Waals surface area contributed by atoms with E-state index in [0.29, 0.717) is 6.42 Å². The minimum absolute atomic E-state index is 0.0195. The number of alkyl halides is 2. The van der Waals surface area contributed by atoms with Crippen molar-refractivity contribution in [2.24, 2.45) is 5.41 Å². The van der Waals surface area contributed by atoms with E-state index in [1.807, 2.05) is 0 Å². The third-order valence-electron chi connectivity index (χ3n) is 8.98. The monoisotopic (exact) mass is 578 g/mol. The molecule has 0 atom stereocenters. The average Bonchev–Trinajstić information content (AvgIpc) is 2.62. The van der Waals surface area contributed by atoms with Crippen molar-refractivity contribution in [3.8, 4) is 0 Å². The Morgan fingerprint density at radius 1 is 0.472 bits per heavy atom. The van der Waals surface area contributed by atoms with Crippen LogP contribution in [-0.4, -0.2) is 58.3 Å². The Balaban J connectivity index is 6.06. The molecule has 0 saturated carbocycles. The zero-order valence-corrected chi connectivity index (χ0v) is 28.4. The topological polar surface area (TPSA) is 68.3 Å². The highest BCUT2D eigenvalue weighted by molar-refractivity contribution is 8.34. The standard InChI is InChI=1S/C27H56F2O4S3/c1-21(2,3)34(15,16)24(9,10)19-20-26(13,14)36(32,33)27(28,29)23(7,8)17-18-25(11,12)35(30,31)22(4,5)6/h17-20H2,1-16H3. The summed E-state index contributed by atoms with van der Waals surface area (Å²) < 4.78 is 80.7. The first-order valence-corrected chi connectivity index (χ1v) is 18.2. The molecule has 0 rings (SSSR count). The van der Waals surface area contributed by atoms with E-state index in [-0.39, 0.29) is 28.8 Å². The fourth-order valence-corrected chi connectivity index (χ4v) is 10.4. The summed E-state index contributed by atoms with van der Waals surface area (Å²) in [5.74, 6) is 0. The van der Waals surface area contributed by atoms with E-state index in [1.165, 1.54) is 41.5 Å². The van der Waals surface area contributed by atoms with E-state index in [0.717, 1.165) is 0 Å². The van der Waals surface area contributed by atoms with Crippen molar-refractivity contribution < 1.29 is 25.6 Å². The molecule has 0 aliphatic rings. The lowest BCUT2D eigenvalue weighted by Gasteiger charge is -2.56. The molecular formula is C27H56F2O4S3. The lowest BCUT2D eigenvalue weighted by Crippen LogP contribution is -2.53. The van der Waals surface area contributed by atoms with Gasteiger partial charge in [0, 0.05) is 5.41 Å². The van der Waals surface area contributed by atoms with Gasteiger partial charge in [0.25, 0.3) is 0 Å². The number of hydrogen-bond acceptors (Lipinski definition) is 4. The summed E-state index contributed by atoms with van der Waals surface area (Å²) >= 11 is 0. The number of halogens is 2. The third-order valence-corrected chi connectivity index (χ3v) is 21.2. The predicted molar refractivity (Wildman–Crippen MR) is 156 cm³/mol. The molecule has 0 aliphatic heterocycles. The second kappa shape index (κ2) is 9.94. The summed E-state index contributed by atoms with van der Waals surface area (Å²) in [6.07, 6.45) is 4.75. The van der Waals surface area contributed by atoms with Crippen LogP contribution in [0.3, 0.4) is 0 Å². The maximum Gasteiger partial charge on any atom is 0.351 e. The van der Waals surface area contributed by atoms with Gasteiger partial charge >= 0.3 is 5.25 Å². The number of sulfone groups is 2. The van der Waals surface area contributed by atoms with Gasteiger partial charge in [-0.3, -0.25) is 0 Å². The van der Waals surface area contributed by atoms with E-state index < -0.39 is 54.6 Å². The van der Waals surface area contributed by atoms with Gasteiger partial charge in [-0.2, -0.15) is 8.78 Å². The highest BCUT2D eigenvalue weighted by Gasteiger charge is 2.62. The zero-order valence-electron chi connectivity index (χ0n) is 25.9. The first-order valence-electron chi connectivity index (χ1n) is 12.8.